The Labute approximate surface area is 160 Å². The minimum Gasteiger partial charge on any atom is -0.323 e. The smallest absolute Gasteiger partial charge is 0.248 e. The van der Waals surface area contributed by atoms with Crippen LogP contribution in [0.3, 0.4) is 0 Å². The molecule has 1 aliphatic carbocycles. The molecule has 1 unspecified atom stereocenters. The lowest BCUT2D eigenvalue weighted by Crippen LogP contribution is -2.28. The molecule has 0 spiro atoms. The van der Waals surface area contributed by atoms with E-state index in [1.165, 1.54) is 29.8 Å². The van der Waals surface area contributed by atoms with Crippen LogP contribution in [0.2, 0.25) is 0 Å². The van der Waals surface area contributed by atoms with Gasteiger partial charge in [-0.15, -0.1) is 0 Å². The average molecular weight is 377 g/mol. The van der Waals surface area contributed by atoms with Crippen molar-refractivity contribution in [1.82, 2.24) is 20.2 Å². The zero-order valence-corrected chi connectivity index (χ0v) is 14.9. The number of aromatic nitrogens is 4. The summed E-state index contributed by atoms with van der Waals surface area (Å²) in [5, 5.41) is 15.4. The van der Waals surface area contributed by atoms with E-state index < -0.39 is 0 Å². The van der Waals surface area contributed by atoms with Crippen molar-refractivity contribution in [3.63, 3.8) is 0 Å². The highest BCUT2D eigenvalue weighted by Crippen LogP contribution is 2.43. The molecule has 7 heteroatoms. The average Bonchev–Trinajstić information content (AvgIpc) is 3.17. The summed E-state index contributed by atoms with van der Waals surface area (Å²) in [5.74, 6) is 0.0291. The Morgan fingerprint density at radius 1 is 0.964 bits per heavy atom. The van der Waals surface area contributed by atoms with Crippen molar-refractivity contribution in [3.8, 4) is 0 Å². The topological polar surface area (TPSA) is 55.6 Å². The molecule has 28 heavy (non-hydrogen) atoms. The Kier molecular flexibility index (Phi) is 4.00. The van der Waals surface area contributed by atoms with Crippen molar-refractivity contribution in [2.75, 3.05) is 5.32 Å². The lowest BCUT2D eigenvalue weighted by Gasteiger charge is -2.34. The molecular weight excluding hydrogens is 360 g/mol. The first kappa shape index (κ1) is 16.8. The number of fused-ring (bicyclic) bond motifs is 1. The highest BCUT2D eigenvalue weighted by Gasteiger charge is 2.34. The van der Waals surface area contributed by atoms with Gasteiger partial charge in [-0.3, -0.25) is 0 Å². The van der Waals surface area contributed by atoms with Gasteiger partial charge in [0.05, 0.1) is 0 Å². The fourth-order valence-corrected chi connectivity index (χ4v) is 3.96. The molecule has 140 valence electrons. The van der Waals surface area contributed by atoms with E-state index in [4.69, 9.17) is 0 Å². The molecule has 1 aliphatic heterocycles. The molecule has 2 heterocycles. The van der Waals surface area contributed by atoms with E-state index in [1.54, 1.807) is 28.9 Å². The maximum Gasteiger partial charge on any atom is 0.248 e. The van der Waals surface area contributed by atoms with E-state index in [0.29, 0.717) is 5.95 Å². The highest BCUT2D eigenvalue weighted by atomic mass is 19.1. The van der Waals surface area contributed by atoms with E-state index >= 15 is 0 Å². The summed E-state index contributed by atoms with van der Waals surface area (Å²) in [4.78, 5) is 0. The zero-order chi connectivity index (χ0) is 19.1. The molecule has 0 radical (unpaired) electrons. The van der Waals surface area contributed by atoms with Gasteiger partial charge in [-0.25, -0.2) is 8.78 Å². The summed E-state index contributed by atoms with van der Waals surface area (Å²) in [6.07, 6.45) is 4.86. The van der Waals surface area contributed by atoms with E-state index in [9.17, 15) is 8.78 Å². The largest absolute Gasteiger partial charge is 0.323 e. The van der Waals surface area contributed by atoms with Crippen molar-refractivity contribution in [2.45, 2.75) is 25.3 Å². The molecule has 5 nitrogen and oxygen atoms in total. The van der Waals surface area contributed by atoms with Gasteiger partial charge in [0.15, 0.2) is 0 Å². The first-order valence-electron chi connectivity index (χ1n) is 9.19. The molecule has 1 N–H and O–H groups in total. The van der Waals surface area contributed by atoms with Crippen LogP contribution in [0.25, 0.3) is 6.08 Å². The van der Waals surface area contributed by atoms with Gasteiger partial charge < -0.3 is 5.32 Å². The minimum absolute atomic E-state index is 0.182. The Hall–Kier alpha value is -3.35. The van der Waals surface area contributed by atoms with Crippen molar-refractivity contribution in [3.05, 3.63) is 88.1 Å². The standard InChI is InChI=1S/C21H17F2N5/c22-16-8-4-13(5-9-16)12-15-2-1-3-18-19(15)24-21-25-26-27-28(21)20(18)14-6-10-17(23)11-7-14/h4-12,20H,1-3H2,(H,24,25,27)/b15-12+. The maximum atomic E-state index is 13.4. The number of rotatable bonds is 2. The quantitative estimate of drug-likeness (QED) is 0.715. The second kappa shape index (κ2) is 6.67. The number of nitrogens with zero attached hydrogens (tertiary/aromatic N) is 4. The third-order valence-electron chi connectivity index (χ3n) is 5.24. The number of benzene rings is 2. The number of hydrogen-bond acceptors (Lipinski definition) is 4. The maximum absolute atomic E-state index is 13.4. The number of allylic oxidation sites excluding steroid dienone is 2. The summed E-state index contributed by atoms with van der Waals surface area (Å²) in [5.41, 5.74) is 5.19. The fourth-order valence-electron chi connectivity index (χ4n) is 3.96. The summed E-state index contributed by atoms with van der Waals surface area (Å²) >= 11 is 0. The molecule has 0 fully saturated rings. The Balaban J connectivity index is 1.63. The molecule has 5 rings (SSSR count). The highest BCUT2D eigenvalue weighted by molar-refractivity contribution is 5.65. The SMILES string of the molecule is Fc1ccc(/C=C2\CCCC3=C2Nc2nnnn2C3c2ccc(F)cc2)cc1. The predicted octanol–water partition coefficient (Wildman–Crippen LogP) is 4.49. The summed E-state index contributed by atoms with van der Waals surface area (Å²) in [7, 11) is 0. The molecule has 0 saturated heterocycles. The second-order valence-electron chi connectivity index (χ2n) is 7.00. The van der Waals surface area contributed by atoms with Crippen LogP contribution in [0, 0.1) is 11.6 Å². The second-order valence-corrected chi connectivity index (χ2v) is 7.00. The number of tetrazole rings is 1. The monoisotopic (exact) mass is 377 g/mol. The van der Waals surface area contributed by atoms with Crippen LogP contribution in [0.5, 0.6) is 0 Å². The van der Waals surface area contributed by atoms with Crippen LogP contribution in [0.1, 0.15) is 36.4 Å². The van der Waals surface area contributed by atoms with Gasteiger partial charge in [0, 0.05) is 5.70 Å². The van der Waals surface area contributed by atoms with Crippen LogP contribution in [0.15, 0.2) is 65.4 Å². The van der Waals surface area contributed by atoms with Crippen LogP contribution >= 0.6 is 0 Å². The lowest BCUT2D eigenvalue weighted by atomic mass is 9.83. The van der Waals surface area contributed by atoms with Gasteiger partial charge in [0.25, 0.3) is 0 Å². The van der Waals surface area contributed by atoms with Gasteiger partial charge in [-0.2, -0.15) is 4.68 Å². The Morgan fingerprint density at radius 3 is 2.43 bits per heavy atom. The number of anilines is 1. The van der Waals surface area contributed by atoms with Gasteiger partial charge in [0.2, 0.25) is 5.95 Å². The van der Waals surface area contributed by atoms with Crippen LogP contribution in [-0.2, 0) is 0 Å². The van der Waals surface area contributed by atoms with Gasteiger partial charge in [0.1, 0.15) is 17.7 Å². The van der Waals surface area contributed by atoms with Gasteiger partial charge in [-0.05, 0) is 82.3 Å². The summed E-state index contributed by atoms with van der Waals surface area (Å²) in [6.45, 7) is 0. The third-order valence-corrected chi connectivity index (χ3v) is 5.24. The first-order chi connectivity index (χ1) is 13.7. The molecule has 0 bridgehead atoms. The van der Waals surface area contributed by atoms with Gasteiger partial charge >= 0.3 is 0 Å². The normalized spacial score (nSPS) is 19.9. The van der Waals surface area contributed by atoms with E-state index in [0.717, 1.165) is 41.7 Å². The lowest BCUT2D eigenvalue weighted by molar-refractivity contribution is 0.523. The summed E-state index contributed by atoms with van der Waals surface area (Å²) in [6, 6.07) is 12.7. The molecular formula is C21H17F2N5. The summed E-state index contributed by atoms with van der Waals surface area (Å²) < 4.78 is 28.4. The van der Waals surface area contributed by atoms with E-state index in [-0.39, 0.29) is 17.7 Å². The Morgan fingerprint density at radius 2 is 1.68 bits per heavy atom. The van der Waals surface area contributed by atoms with Crippen molar-refractivity contribution in [2.24, 2.45) is 0 Å². The van der Waals surface area contributed by atoms with Crippen molar-refractivity contribution >= 4 is 12.0 Å². The van der Waals surface area contributed by atoms with Crippen molar-refractivity contribution in [1.29, 1.82) is 0 Å². The van der Waals surface area contributed by atoms with Crippen LogP contribution < -0.4 is 5.32 Å². The van der Waals surface area contributed by atoms with E-state index in [2.05, 4.69) is 26.9 Å². The van der Waals surface area contributed by atoms with Crippen molar-refractivity contribution < 1.29 is 8.78 Å². The number of nitrogens with one attached hydrogen (secondary N) is 1. The molecule has 3 aromatic rings. The Bertz CT molecular complexity index is 1080. The van der Waals surface area contributed by atoms with Gasteiger partial charge in [-0.1, -0.05) is 29.4 Å². The molecule has 0 amide bonds. The minimum atomic E-state index is -0.274. The molecule has 1 aromatic heterocycles. The number of hydrogen-bond donors (Lipinski definition) is 1. The number of halogens is 2. The molecule has 0 saturated carbocycles. The van der Waals surface area contributed by atoms with E-state index in [1.807, 2.05) is 0 Å². The molecule has 2 aromatic carbocycles. The van der Waals surface area contributed by atoms with Crippen LogP contribution in [-0.4, -0.2) is 20.2 Å². The fraction of sp³-hybridized carbons (Fsp3) is 0.190. The predicted molar refractivity (Wildman–Crippen MR) is 101 cm³/mol. The third kappa shape index (κ3) is 2.89. The zero-order valence-electron chi connectivity index (χ0n) is 14.9. The van der Waals surface area contributed by atoms with Crippen LogP contribution in [0.4, 0.5) is 14.7 Å². The first-order valence-corrected chi connectivity index (χ1v) is 9.19. The molecule has 2 aliphatic rings. The molecule has 1 atom stereocenters.